The van der Waals surface area contributed by atoms with E-state index in [0.29, 0.717) is 36.8 Å². The number of hydrogen-bond acceptors (Lipinski definition) is 7. The highest BCUT2D eigenvalue weighted by Crippen LogP contribution is 2.47. The molecule has 0 aliphatic carbocycles. The molecule has 1 saturated heterocycles. The van der Waals surface area contributed by atoms with Gasteiger partial charge in [-0.1, -0.05) is 26.7 Å². The lowest BCUT2D eigenvalue weighted by molar-refractivity contribution is -0.144. The quantitative estimate of drug-likeness (QED) is 0.396. The standard InChI is InChI=1S/C28H40N4O6/c1-4-6-10-31(11-7-5-2)25(33)17-32-16-21(20-14-23(36-3)27-24(15-20)37-19-38-27)26(28(34)35)22(32)8-12-30-13-9-29-18-30/h9,13-15,18,21-22,26H,4-8,10-12,16-17,19H2,1-3H3,(H,34,35)/t21-,22+,26?/m1/s1. The Bertz CT molecular complexity index is 1070. The lowest BCUT2D eigenvalue weighted by atomic mass is 9.84. The van der Waals surface area contributed by atoms with Crippen LogP contribution >= 0.6 is 0 Å². The molecule has 1 N–H and O–H groups in total. The summed E-state index contributed by atoms with van der Waals surface area (Å²) < 4.78 is 18.7. The molecule has 0 spiro atoms. The van der Waals surface area contributed by atoms with Crippen molar-refractivity contribution in [1.82, 2.24) is 19.4 Å². The molecular formula is C28H40N4O6. The van der Waals surface area contributed by atoms with Gasteiger partial charge in [0, 0.05) is 50.5 Å². The van der Waals surface area contributed by atoms with E-state index in [9.17, 15) is 14.7 Å². The van der Waals surface area contributed by atoms with Gasteiger partial charge in [0.1, 0.15) is 0 Å². The lowest BCUT2D eigenvalue weighted by Crippen LogP contribution is -2.45. The number of carbonyl (C=O) groups is 2. The van der Waals surface area contributed by atoms with Crippen molar-refractivity contribution in [3.63, 3.8) is 0 Å². The average molecular weight is 529 g/mol. The summed E-state index contributed by atoms with van der Waals surface area (Å²) in [7, 11) is 1.56. The number of benzene rings is 1. The van der Waals surface area contributed by atoms with Crippen LogP contribution < -0.4 is 14.2 Å². The second-order valence-corrected chi connectivity index (χ2v) is 10.1. The summed E-state index contributed by atoms with van der Waals surface area (Å²) in [4.78, 5) is 34.4. The Morgan fingerprint density at radius 1 is 1.18 bits per heavy atom. The summed E-state index contributed by atoms with van der Waals surface area (Å²) in [6.45, 7) is 7.07. The Balaban J connectivity index is 1.62. The van der Waals surface area contributed by atoms with E-state index in [1.807, 2.05) is 27.8 Å². The van der Waals surface area contributed by atoms with Crippen LogP contribution in [-0.4, -0.2) is 82.5 Å². The zero-order chi connectivity index (χ0) is 27.1. The van der Waals surface area contributed by atoms with Crippen LogP contribution in [-0.2, 0) is 16.1 Å². The maximum atomic E-state index is 13.5. The largest absolute Gasteiger partial charge is 0.493 e. The predicted molar refractivity (Wildman–Crippen MR) is 142 cm³/mol. The predicted octanol–water partition coefficient (Wildman–Crippen LogP) is 3.61. The molecule has 1 amide bonds. The van der Waals surface area contributed by atoms with Crippen LogP contribution in [0.1, 0.15) is 57.4 Å². The first-order valence-electron chi connectivity index (χ1n) is 13.6. The summed E-state index contributed by atoms with van der Waals surface area (Å²) in [6.07, 6.45) is 9.85. The van der Waals surface area contributed by atoms with Crippen LogP contribution in [0.4, 0.5) is 0 Å². The smallest absolute Gasteiger partial charge is 0.308 e. The Morgan fingerprint density at radius 3 is 2.58 bits per heavy atom. The molecule has 2 aliphatic rings. The van der Waals surface area contributed by atoms with Gasteiger partial charge >= 0.3 is 5.97 Å². The second-order valence-electron chi connectivity index (χ2n) is 10.1. The van der Waals surface area contributed by atoms with Crippen molar-refractivity contribution in [2.45, 2.75) is 64.5 Å². The van der Waals surface area contributed by atoms with Gasteiger partial charge in [0.05, 0.1) is 25.9 Å². The normalized spacial score (nSPS) is 20.6. The third kappa shape index (κ3) is 6.23. The molecule has 208 valence electrons. The number of carbonyl (C=O) groups excluding carboxylic acids is 1. The molecule has 2 aromatic rings. The summed E-state index contributed by atoms with van der Waals surface area (Å²) in [5.74, 6) is -0.231. The molecule has 3 heterocycles. The number of rotatable bonds is 14. The first kappa shape index (κ1) is 27.8. The second kappa shape index (κ2) is 13.0. The minimum atomic E-state index is -0.869. The van der Waals surface area contributed by atoms with E-state index in [1.54, 1.807) is 19.6 Å². The average Bonchev–Trinajstić information content (AvgIpc) is 3.67. The van der Waals surface area contributed by atoms with E-state index in [1.165, 1.54) is 0 Å². The van der Waals surface area contributed by atoms with E-state index in [-0.39, 0.29) is 31.2 Å². The number of aliphatic carboxylic acids is 1. The Labute approximate surface area is 224 Å². The summed E-state index contributed by atoms with van der Waals surface area (Å²) in [5.41, 5.74) is 0.815. The fourth-order valence-corrected chi connectivity index (χ4v) is 5.59. The first-order valence-corrected chi connectivity index (χ1v) is 13.6. The molecule has 38 heavy (non-hydrogen) atoms. The number of aromatic nitrogens is 2. The van der Waals surface area contributed by atoms with Gasteiger partial charge < -0.3 is 28.8 Å². The number of fused-ring (bicyclic) bond motifs is 1. The number of ether oxygens (including phenoxy) is 3. The van der Waals surface area contributed by atoms with Gasteiger partial charge in [0.2, 0.25) is 18.4 Å². The van der Waals surface area contributed by atoms with Gasteiger partial charge in [-0.15, -0.1) is 0 Å². The maximum absolute atomic E-state index is 13.5. The molecule has 1 aromatic heterocycles. The summed E-state index contributed by atoms with van der Waals surface area (Å²) in [5, 5.41) is 10.5. The minimum Gasteiger partial charge on any atom is -0.493 e. The van der Waals surface area contributed by atoms with Crippen molar-refractivity contribution in [2.24, 2.45) is 5.92 Å². The van der Waals surface area contributed by atoms with E-state index in [2.05, 4.69) is 23.7 Å². The number of likely N-dealkylation sites (tertiary alicyclic amines) is 1. The molecule has 10 heteroatoms. The molecule has 1 aromatic carbocycles. The van der Waals surface area contributed by atoms with Crippen LogP contribution in [0.3, 0.4) is 0 Å². The van der Waals surface area contributed by atoms with Crippen LogP contribution in [0.25, 0.3) is 0 Å². The number of hydrogen-bond donors (Lipinski definition) is 1. The Morgan fingerprint density at radius 2 is 1.95 bits per heavy atom. The van der Waals surface area contributed by atoms with Gasteiger partial charge in [-0.2, -0.15) is 0 Å². The van der Waals surface area contributed by atoms with E-state index < -0.39 is 11.9 Å². The zero-order valence-electron chi connectivity index (χ0n) is 22.7. The molecule has 10 nitrogen and oxygen atoms in total. The van der Waals surface area contributed by atoms with E-state index in [4.69, 9.17) is 14.2 Å². The molecule has 0 bridgehead atoms. The topological polar surface area (TPSA) is 106 Å². The number of carboxylic acid groups (broad SMARTS) is 1. The highest BCUT2D eigenvalue weighted by Gasteiger charge is 2.47. The van der Waals surface area contributed by atoms with Crippen molar-refractivity contribution in [3.05, 3.63) is 36.4 Å². The highest BCUT2D eigenvalue weighted by molar-refractivity contribution is 5.79. The van der Waals surface area contributed by atoms with Crippen molar-refractivity contribution in [3.8, 4) is 17.2 Å². The number of carboxylic acids is 1. The van der Waals surface area contributed by atoms with Gasteiger partial charge in [-0.25, -0.2) is 4.98 Å². The molecule has 0 saturated carbocycles. The van der Waals surface area contributed by atoms with E-state index in [0.717, 1.165) is 44.3 Å². The fourth-order valence-electron chi connectivity index (χ4n) is 5.59. The molecule has 3 atom stereocenters. The van der Waals surface area contributed by atoms with E-state index >= 15 is 0 Å². The monoisotopic (exact) mass is 528 g/mol. The SMILES string of the molecule is CCCCN(CCCC)C(=O)CN1C[C@H](c2cc(OC)c3c(c2)OCO3)C(C(=O)O)[C@@H]1CCn1ccnc1. The summed E-state index contributed by atoms with van der Waals surface area (Å²) >= 11 is 0. The van der Waals surface area contributed by atoms with Crippen molar-refractivity contribution in [1.29, 1.82) is 0 Å². The lowest BCUT2D eigenvalue weighted by Gasteiger charge is -2.30. The van der Waals surface area contributed by atoms with Gasteiger partial charge in [-0.3, -0.25) is 14.5 Å². The Hall–Kier alpha value is -3.27. The number of methoxy groups -OCH3 is 1. The minimum absolute atomic E-state index is 0.0626. The molecule has 4 rings (SSSR count). The molecular weight excluding hydrogens is 488 g/mol. The highest BCUT2D eigenvalue weighted by atomic mass is 16.7. The number of amides is 1. The number of aryl methyl sites for hydroxylation is 1. The van der Waals surface area contributed by atoms with Crippen molar-refractivity contribution >= 4 is 11.9 Å². The first-order chi connectivity index (χ1) is 18.5. The number of imidazole rings is 1. The zero-order valence-corrected chi connectivity index (χ0v) is 22.7. The van der Waals surface area contributed by atoms with Crippen molar-refractivity contribution in [2.75, 3.05) is 40.1 Å². The van der Waals surface area contributed by atoms with Crippen LogP contribution in [0, 0.1) is 5.92 Å². The summed E-state index contributed by atoms with van der Waals surface area (Å²) in [6, 6.07) is 3.39. The molecule has 1 unspecified atom stereocenters. The number of nitrogens with zero attached hydrogens (tertiary/aromatic N) is 4. The van der Waals surface area contributed by atoms with Crippen LogP contribution in [0.15, 0.2) is 30.9 Å². The third-order valence-electron chi connectivity index (χ3n) is 7.64. The van der Waals surface area contributed by atoms with Crippen LogP contribution in [0.5, 0.6) is 17.2 Å². The van der Waals surface area contributed by atoms with Crippen molar-refractivity contribution < 1.29 is 28.9 Å². The van der Waals surface area contributed by atoms with Gasteiger partial charge in [0.25, 0.3) is 0 Å². The molecule has 2 aliphatic heterocycles. The maximum Gasteiger partial charge on any atom is 0.308 e. The molecule has 1 fully saturated rings. The third-order valence-corrected chi connectivity index (χ3v) is 7.64. The molecule has 0 radical (unpaired) electrons. The fraction of sp³-hybridized carbons (Fsp3) is 0.607. The van der Waals surface area contributed by atoms with Gasteiger partial charge in [0.15, 0.2) is 11.5 Å². The van der Waals surface area contributed by atoms with Gasteiger partial charge in [-0.05, 0) is 37.0 Å². The Kier molecular flexibility index (Phi) is 9.49. The van der Waals surface area contributed by atoms with Crippen LogP contribution in [0.2, 0.25) is 0 Å². The number of unbranched alkanes of at least 4 members (excludes halogenated alkanes) is 2.